The minimum Gasteiger partial charge on any atom is -0.0807 e. The molecule has 0 bridgehead atoms. The Bertz CT molecular complexity index is 253. The van der Waals surface area contributed by atoms with Crippen molar-refractivity contribution in [3.05, 3.63) is 23.3 Å². The number of rotatable bonds is 4. The Hall–Kier alpha value is -0.520. The normalized spacial score (nSPS) is 27.1. The van der Waals surface area contributed by atoms with Crippen LogP contribution >= 0.6 is 0 Å². The van der Waals surface area contributed by atoms with Gasteiger partial charge in [-0.1, -0.05) is 36.6 Å². The van der Waals surface area contributed by atoms with Crippen molar-refractivity contribution < 1.29 is 0 Å². The minimum atomic E-state index is 0.829. The van der Waals surface area contributed by atoms with E-state index in [0.29, 0.717) is 0 Å². The largest absolute Gasteiger partial charge is 0.0807 e. The second-order valence-electron chi connectivity index (χ2n) is 4.96. The highest BCUT2D eigenvalue weighted by Gasteiger charge is 2.32. The Morgan fingerprint density at radius 3 is 2.79 bits per heavy atom. The van der Waals surface area contributed by atoms with Gasteiger partial charge in [0.05, 0.1) is 0 Å². The maximum Gasteiger partial charge on any atom is 0.000781 e. The Morgan fingerprint density at radius 2 is 2.14 bits per heavy atom. The van der Waals surface area contributed by atoms with Crippen LogP contribution in [-0.2, 0) is 0 Å². The van der Waals surface area contributed by atoms with E-state index in [4.69, 9.17) is 0 Å². The highest BCUT2D eigenvalue weighted by Crippen LogP contribution is 2.44. The first-order chi connectivity index (χ1) is 6.81. The zero-order chi connectivity index (χ0) is 9.97. The third-order valence-electron chi connectivity index (χ3n) is 3.53. The van der Waals surface area contributed by atoms with Gasteiger partial charge >= 0.3 is 0 Å². The standard InChI is InChI=1S/C14H22/c1-3-4-5-12-7-6-11(2)10-14(12)13-8-9-13/h7,10,13-14H,3-6,8-9H2,1-2H3. The molecule has 0 nitrogen and oxygen atoms in total. The molecule has 0 heterocycles. The van der Waals surface area contributed by atoms with E-state index in [2.05, 4.69) is 26.0 Å². The highest BCUT2D eigenvalue weighted by molar-refractivity contribution is 5.26. The van der Waals surface area contributed by atoms with Crippen LogP contribution in [0.2, 0.25) is 0 Å². The fraction of sp³-hybridized carbons (Fsp3) is 0.714. The average molecular weight is 190 g/mol. The van der Waals surface area contributed by atoms with Crippen molar-refractivity contribution in [2.45, 2.75) is 52.4 Å². The van der Waals surface area contributed by atoms with Gasteiger partial charge in [0.1, 0.15) is 0 Å². The second kappa shape index (κ2) is 4.33. The maximum atomic E-state index is 2.54. The fourth-order valence-corrected chi connectivity index (χ4v) is 2.45. The summed E-state index contributed by atoms with van der Waals surface area (Å²) in [6.45, 7) is 4.57. The van der Waals surface area contributed by atoms with Crippen molar-refractivity contribution in [3.8, 4) is 0 Å². The molecule has 2 aliphatic carbocycles. The van der Waals surface area contributed by atoms with Crippen LogP contribution in [0.3, 0.4) is 0 Å². The zero-order valence-corrected chi connectivity index (χ0v) is 9.55. The van der Waals surface area contributed by atoms with Crippen molar-refractivity contribution in [1.29, 1.82) is 0 Å². The third-order valence-corrected chi connectivity index (χ3v) is 3.53. The summed E-state index contributed by atoms with van der Waals surface area (Å²) < 4.78 is 0. The second-order valence-corrected chi connectivity index (χ2v) is 4.96. The van der Waals surface area contributed by atoms with Gasteiger partial charge in [-0.05, 0) is 44.9 Å². The molecule has 0 saturated heterocycles. The van der Waals surface area contributed by atoms with Crippen LogP contribution in [0, 0.1) is 11.8 Å². The first-order valence-electron chi connectivity index (χ1n) is 6.17. The zero-order valence-electron chi connectivity index (χ0n) is 9.55. The molecule has 0 aromatic carbocycles. The summed E-state index contributed by atoms with van der Waals surface area (Å²) in [5.74, 6) is 1.84. The van der Waals surface area contributed by atoms with Gasteiger partial charge in [0.2, 0.25) is 0 Å². The number of hydrogen-bond acceptors (Lipinski definition) is 0. The van der Waals surface area contributed by atoms with Crippen molar-refractivity contribution in [2.75, 3.05) is 0 Å². The summed E-state index contributed by atoms with van der Waals surface area (Å²) in [6, 6.07) is 0. The molecule has 2 rings (SSSR count). The molecule has 0 amide bonds. The lowest BCUT2D eigenvalue weighted by molar-refractivity contribution is 0.593. The summed E-state index contributed by atoms with van der Waals surface area (Å²) in [5.41, 5.74) is 3.34. The Balaban J connectivity index is 1.99. The quantitative estimate of drug-likeness (QED) is 0.573. The summed E-state index contributed by atoms with van der Waals surface area (Å²) in [7, 11) is 0. The number of allylic oxidation sites excluding steroid dienone is 4. The number of hydrogen-bond donors (Lipinski definition) is 0. The molecule has 1 unspecified atom stereocenters. The summed E-state index contributed by atoms with van der Waals surface area (Å²) in [6.07, 6.45) is 13.3. The monoisotopic (exact) mass is 190 g/mol. The summed E-state index contributed by atoms with van der Waals surface area (Å²) in [5, 5.41) is 0. The van der Waals surface area contributed by atoms with Crippen LogP contribution in [0.5, 0.6) is 0 Å². The minimum absolute atomic E-state index is 0.829. The molecule has 78 valence electrons. The SMILES string of the molecule is CCCCC1=CCC(C)=CC1C1CC1. The van der Waals surface area contributed by atoms with Gasteiger partial charge in [-0.25, -0.2) is 0 Å². The van der Waals surface area contributed by atoms with E-state index in [0.717, 1.165) is 11.8 Å². The smallest absolute Gasteiger partial charge is 0.000781 e. The summed E-state index contributed by atoms with van der Waals surface area (Å²) >= 11 is 0. The molecule has 0 radical (unpaired) electrons. The maximum absolute atomic E-state index is 2.54. The molecule has 14 heavy (non-hydrogen) atoms. The Kier molecular flexibility index (Phi) is 3.10. The van der Waals surface area contributed by atoms with E-state index in [1.54, 1.807) is 11.1 Å². The molecular weight excluding hydrogens is 168 g/mol. The fourth-order valence-electron chi connectivity index (χ4n) is 2.45. The van der Waals surface area contributed by atoms with E-state index in [1.807, 2.05) is 0 Å². The molecule has 2 aliphatic rings. The van der Waals surface area contributed by atoms with Gasteiger partial charge in [0, 0.05) is 5.92 Å². The molecule has 0 spiro atoms. The van der Waals surface area contributed by atoms with Crippen LogP contribution in [-0.4, -0.2) is 0 Å². The molecule has 0 aromatic heterocycles. The first-order valence-corrected chi connectivity index (χ1v) is 6.17. The lowest BCUT2D eigenvalue weighted by Crippen LogP contribution is -2.08. The highest BCUT2D eigenvalue weighted by atomic mass is 14.4. The van der Waals surface area contributed by atoms with Gasteiger partial charge in [0.15, 0.2) is 0 Å². The molecule has 0 heteroatoms. The molecule has 0 aliphatic heterocycles. The average Bonchev–Trinajstić information content (AvgIpc) is 2.99. The van der Waals surface area contributed by atoms with Crippen molar-refractivity contribution in [3.63, 3.8) is 0 Å². The summed E-state index contributed by atoms with van der Waals surface area (Å²) in [4.78, 5) is 0. The topological polar surface area (TPSA) is 0 Å². The van der Waals surface area contributed by atoms with Crippen LogP contribution in [0.25, 0.3) is 0 Å². The van der Waals surface area contributed by atoms with E-state index >= 15 is 0 Å². The molecule has 0 N–H and O–H groups in total. The van der Waals surface area contributed by atoms with Gasteiger partial charge < -0.3 is 0 Å². The van der Waals surface area contributed by atoms with Gasteiger partial charge in [0.25, 0.3) is 0 Å². The number of unbranched alkanes of at least 4 members (excludes halogenated alkanes) is 1. The predicted molar refractivity (Wildman–Crippen MR) is 62.2 cm³/mol. The predicted octanol–water partition coefficient (Wildman–Crippen LogP) is 4.48. The Morgan fingerprint density at radius 1 is 1.36 bits per heavy atom. The first kappa shape index (κ1) is 10.0. The van der Waals surface area contributed by atoms with Crippen molar-refractivity contribution >= 4 is 0 Å². The molecule has 0 aromatic rings. The van der Waals surface area contributed by atoms with Gasteiger partial charge in [-0.15, -0.1) is 0 Å². The van der Waals surface area contributed by atoms with Gasteiger partial charge in [-0.2, -0.15) is 0 Å². The lowest BCUT2D eigenvalue weighted by Gasteiger charge is -2.22. The van der Waals surface area contributed by atoms with E-state index in [1.165, 1.54) is 38.5 Å². The molecule has 1 fully saturated rings. The van der Waals surface area contributed by atoms with Crippen LogP contribution < -0.4 is 0 Å². The van der Waals surface area contributed by atoms with Gasteiger partial charge in [-0.3, -0.25) is 0 Å². The van der Waals surface area contributed by atoms with Crippen LogP contribution in [0.1, 0.15) is 52.4 Å². The lowest BCUT2D eigenvalue weighted by atomic mass is 9.84. The van der Waals surface area contributed by atoms with Crippen LogP contribution in [0.4, 0.5) is 0 Å². The van der Waals surface area contributed by atoms with Crippen molar-refractivity contribution in [1.82, 2.24) is 0 Å². The van der Waals surface area contributed by atoms with E-state index < -0.39 is 0 Å². The Labute approximate surface area is 88.1 Å². The molecule has 1 atom stereocenters. The molecule has 1 saturated carbocycles. The van der Waals surface area contributed by atoms with E-state index in [9.17, 15) is 0 Å². The van der Waals surface area contributed by atoms with E-state index in [-0.39, 0.29) is 0 Å². The molecular formula is C14H22. The van der Waals surface area contributed by atoms with Crippen LogP contribution in [0.15, 0.2) is 23.3 Å². The third kappa shape index (κ3) is 2.29. The van der Waals surface area contributed by atoms with Crippen molar-refractivity contribution in [2.24, 2.45) is 11.8 Å².